The van der Waals surface area contributed by atoms with E-state index in [4.69, 9.17) is 10.5 Å². The largest absolute Gasteiger partial charge is 0.497 e. The summed E-state index contributed by atoms with van der Waals surface area (Å²) in [5, 5.41) is -0.631. The van der Waals surface area contributed by atoms with Crippen molar-refractivity contribution in [3.05, 3.63) is 23.8 Å². The molecule has 5 nitrogen and oxygen atoms in total. The van der Waals surface area contributed by atoms with Crippen molar-refractivity contribution in [3.8, 4) is 5.75 Å². The predicted octanol–water partition coefficient (Wildman–Crippen LogP) is 1.09. The Hall–Kier alpha value is -1.27. The van der Waals surface area contributed by atoms with E-state index in [0.29, 0.717) is 11.4 Å². The van der Waals surface area contributed by atoms with Gasteiger partial charge in [-0.15, -0.1) is 0 Å². The number of methoxy groups -OCH3 is 1. The number of rotatable bonds is 5. The number of nitrogens with one attached hydrogen (secondary N) is 1. The van der Waals surface area contributed by atoms with Crippen LogP contribution in [0.3, 0.4) is 0 Å². The lowest BCUT2D eigenvalue weighted by molar-refractivity contribution is 0.415. The molecule has 96 valence electrons. The fraction of sp³-hybridized carbons (Fsp3) is 0.455. The monoisotopic (exact) mass is 258 g/mol. The van der Waals surface area contributed by atoms with Gasteiger partial charge < -0.3 is 10.5 Å². The lowest BCUT2D eigenvalue weighted by Gasteiger charge is -2.15. The van der Waals surface area contributed by atoms with E-state index in [9.17, 15) is 8.42 Å². The van der Waals surface area contributed by atoms with Gasteiger partial charge in [0.05, 0.1) is 18.0 Å². The first kappa shape index (κ1) is 13.8. The summed E-state index contributed by atoms with van der Waals surface area (Å²) in [6.07, 6.45) is 0. The zero-order valence-corrected chi connectivity index (χ0v) is 11.0. The summed E-state index contributed by atoms with van der Waals surface area (Å²) in [4.78, 5) is 0. The van der Waals surface area contributed by atoms with Gasteiger partial charge in [0.25, 0.3) is 0 Å². The van der Waals surface area contributed by atoms with E-state index in [0.717, 1.165) is 5.56 Å². The fourth-order valence-electron chi connectivity index (χ4n) is 1.22. The Morgan fingerprint density at radius 3 is 2.65 bits per heavy atom. The molecule has 0 spiro atoms. The van der Waals surface area contributed by atoms with Crippen molar-refractivity contribution in [2.75, 3.05) is 18.4 Å². The summed E-state index contributed by atoms with van der Waals surface area (Å²) in [6, 6.07) is 5.22. The van der Waals surface area contributed by atoms with Crippen molar-refractivity contribution in [1.29, 1.82) is 0 Å². The van der Waals surface area contributed by atoms with E-state index in [-0.39, 0.29) is 6.54 Å². The maximum Gasteiger partial charge on any atom is 0.236 e. The van der Waals surface area contributed by atoms with Gasteiger partial charge in [-0.1, -0.05) is 6.07 Å². The highest BCUT2D eigenvalue weighted by molar-refractivity contribution is 7.93. The van der Waals surface area contributed by atoms with Crippen LogP contribution in [0.15, 0.2) is 18.2 Å². The van der Waals surface area contributed by atoms with E-state index in [1.807, 2.05) is 6.92 Å². The minimum Gasteiger partial charge on any atom is -0.497 e. The summed E-state index contributed by atoms with van der Waals surface area (Å²) in [7, 11) is -1.91. The smallest absolute Gasteiger partial charge is 0.236 e. The topological polar surface area (TPSA) is 81.4 Å². The number of anilines is 1. The first-order chi connectivity index (χ1) is 7.90. The molecule has 6 heteroatoms. The van der Waals surface area contributed by atoms with Gasteiger partial charge in [0.1, 0.15) is 5.75 Å². The SMILES string of the molecule is COc1ccc(C)c(NS(=O)(=O)C(C)CN)c1. The molecule has 0 aromatic heterocycles. The highest BCUT2D eigenvalue weighted by Gasteiger charge is 2.19. The molecular formula is C11H18N2O3S. The second-order valence-corrected chi connectivity index (χ2v) is 5.97. The molecule has 1 unspecified atom stereocenters. The summed E-state index contributed by atoms with van der Waals surface area (Å²) < 4.78 is 31.3. The van der Waals surface area contributed by atoms with Crippen LogP contribution in [0.1, 0.15) is 12.5 Å². The van der Waals surface area contributed by atoms with Crippen LogP contribution in [0.5, 0.6) is 5.75 Å². The Balaban J connectivity index is 3.02. The van der Waals surface area contributed by atoms with Crippen LogP contribution in [0.25, 0.3) is 0 Å². The standard InChI is InChI=1S/C11H18N2O3S/c1-8-4-5-10(16-3)6-11(8)13-17(14,15)9(2)7-12/h4-6,9,13H,7,12H2,1-3H3. The molecule has 0 aliphatic rings. The molecule has 1 aromatic carbocycles. The molecule has 0 bridgehead atoms. The van der Waals surface area contributed by atoms with E-state index < -0.39 is 15.3 Å². The number of hydrogen-bond donors (Lipinski definition) is 2. The molecule has 1 aromatic rings. The second-order valence-electron chi connectivity index (χ2n) is 3.87. The highest BCUT2D eigenvalue weighted by atomic mass is 32.2. The Kier molecular flexibility index (Phi) is 4.36. The van der Waals surface area contributed by atoms with Gasteiger partial charge >= 0.3 is 0 Å². The van der Waals surface area contributed by atoms with Gasteiger partial charge in [-0.25, -0.2) is 8.42 Å². The van der Waals surface area contributed by atoms with E-state index in [2.05, 4.69) is 4.72 Å². The summed E-state index contributed by atoms with van der Waals surface area (Å²) in [6.45, 7) is 3.47. The van der Waals surface area contributed by atoms with Crippen molar-refractivity contribution in [2.24, 2.45) is 5.73 Å². The zero-order valence-electron chi connectivity index (χ0n) is 10.2. The van der Waals surface area contributed by atoms with Gasteiger partial charge in [-0.2, -0.15) is 0 Å². The predicted molar refractivity (Wildman–Crippen MR) is 68.8 cm³/mol. The molecule has 0 fully saturated rings. The number of aryl methyl sites for hydroxylation is 1. The van der Waals surface area contributed by atoms with Crippen LogP contribution in [-0.4, -0.2) is 27.3 Å². The van der Waals surface area contributed by atoms with Crippen LogP contribution in [0.4, 0.5) is 5.69 Å². The number of benzene rings is 1. The van der Waals surface area contributed by atoms with Crippen molar-refractivity contribution >= 4 is 15.7 Å². The third-order valence-electron chi connectivity index (χ3n) is 2.56. The number of ether oxygens (including phenoxy) is 1. The van der Waals surface area contributed by atoms with Crippen LogP contribution >= 0.6 is 0 Å². The quantitative estimate of drug-likeness (QED) is 0.828. The molecule has 0 saturated carbocycles. The summed E-state index contributed by atoms with van der Waals surface area (Å²) in [5.41, 5.74) is 6.71. The van der Waals surface area contributed by atoms with Crippen LogP contribution in [0.2, 0.25) is 0 Å². The highest BCUT2D eigenvalue weighted by Crippen LogP contribution is 2.23. The lowest BCUT2D eigenvalue weighted by atomic mass is 10.2. The van der Waals surface area contributed by atoms with Crippen molar-refractivity contribution in [1.82, 2.24) is 0 Å². The van der Waals surface area contributed by atoms with Gasteiger partial charge in [0.2, 0.25) is 10.0 Å². The third kappa shape index (κ3) is 3.34. The minimum atomic E-state index is -3.44. The van der Waals surface area contributed by atoms with Gasteiger partial charge in [0, 0.05) is 12.6 Å². The second kappa shape index (κ2) is 5.37. The van der Waals surface area contributed by atoms with Crippen LogP contribution < -0.4 is 15.2 Å². The molecular weight excluding hydrogens is 240 g/mol. The normalized spacial score (nSPS) is 13.2. The maximum absolute atomic E-state index is 11.9. The summed E-state index contributed by atoms with van der Waals surface area (Å²) >= 11 is 0. The lowest BCUT2D eigenvalue weighted by Crippen LogP contribution is -2.31. The first-order valence-corrected chi connectivity index (χ1v) is 6.81. The number of nitrogens with two attached hydrogens (primary N) is 1. The van der Waals surface area contributed by atoms with Crippen molar-refractivity contribution in [3.63, 3.8) is 0 Å². The van der Waals surface area contributed by atoms with E-state index in [1.54, 1.807) is 25.1 Å². The van der Waals surface area contributed by atoms with E-state index in [1.165, 1.54) is 7.11 Å². The Morgan fingerprint density at radius 1 is 1.47 bits per heavy atom. The number of sulfonamides is 1. The van der Waals surface area contributed by atoms with Gasteiger partial charge in [0.15, 0.2) is 0 Å². The molecule has 17 heavy (non-hydrogen) atoms. The molecule has 1 atom stereocenters. The Bertz CT molecular complexity index is 485. The fourth-order valence-corrected chi connectivity index (χ4v) is 2.20. The average molecular weight is 258 g/mol. The molecule has 0 aliphatic heterocycles. The van der Waals surface area contributed by atoms with E-state index >= 15 is 0 Å². The van der Waals surface area contributed by atoms with Crippen LogP contribution in [0, 0.1) is 6.92 Å². The molecule has 0 aliphatic carbocycles. The van der Waals surface area contributed by atoms with Crippen molar-refractivity contribution in [2.45, 2.75) is 19.1 Å². The van der Waals surface area contributed by atoms with Crippen molar-refractivity contribution < 1.29 is 13.2 Å². The molecule has 3 N–H and O–H groups in total. The molecule has 0 heterocycles. The number of hydrogen-bond acceptors (Lipinski definition) is 4. The zero-order chi connectivity index (χ0) is 13.1. The molecule has 1 rings (SSSR count). The molecule has 0 saturated heterocycles. The van der Waals surface area contributed by atoms with Gasteiger partial charge in [-0.3, -0.25) is 4.72 Å². The minimum absolute atomic E-state index is 0.0817. The first-order valence-electron chi connectivity index (χ1n) is 5.27. The average Bonchev–Trinajstić information content (AvgIpc) is 2.30. The molecule has 0 amide bonds. The summed E-state index contributed by atoms with van der Waals surface area (Å²) in [5.74, 6) is 0.605. The Labute approximate surface area is 102 Å². The molecule has 0 radical (unpaired) electrons. The Morgan fingerprint density at radius 2 is 2.12 bits per heavy atom. The third-order valence-corrected chi connectivity index (χ3v) is 4.31. The maximum atomic E-state index is 11.9. The van der Waals surface area contributed by atoms with Crippen LogP contribution in [-0.2, 0) is 10.0 Å². The van der Waals surface area contributed by atoms with Gasteiger partial charge in [-0.05, 0) is 25.5 Å².